The second kappa shape index (κ2) is 4.29. The Morgan fingerprint density at radius 2 is 2.38 bits per heavy atom. The maximum atomic E-state index is 5.80. The summed E-state index contributed by atoms with van der Waals surface area (Å²) in [5, 5.41) is 0. The summed E-state index contributed by atoms with van der Waals surface area (Å²) >= 11 is 4.97. The molecule has 1 unspecified atom stereocenters. The van der Waals surface area contributed by atoms with Crippen molar-refractivity contribution in [2.24, 2.45) is 5.73 Å². The van der Waals surface area contributed by atoms with Gasteiger partial charge in [0.1, 0.15) is 11.9 Å². The minimum Gasteiger partial charge on any atom is -0.487 e. The first-order chi connectivity index (χ1) is 7.56. The zero-order valence-corrected chi connectivity index (χ0v) is 10.4. The molecule has 0 saturated heterocycles. The lowest BCUT2D eigenvalue weighted by atomic mass is 10.1. The van der Waals surface area contributed by atoms with Crippen molar-refractivity contribution in [1.29, 1.82) is 0 Å². The Morgan fingerprint density at radius 3 is 3.06 bits per heavy atom. The van der Waals surface area contributed by atoms with Gasteiger partial charge in [0.2, 0.25) is 0 Å². The first kappa shape index (κ1) is 11.2. The van der Waals surface area contributed by atoms with E-state index in [0.29, 0.717) is 11.5 Å². The molecule has 0 spiro atoms. The number of hydrogen-bond donors (Lipinski definition) is 1. The largest absolute Gasteiger partial charge is 0.487 e. The van der Waals surface area contributed by atoms with Crippen molar-refractivity contribution in [3.8, 4) is 5.75 Å². The normalized spacial score (nSPS) is 18.9. The average Bonchev–Trinajstić information content (AvgIpc) is 2.15. The van der Waals surface area contributed by atoms with Crippen LogP contribution in [0, 0.1) is 6.92 Å². The summed E-state index contributed by atoms with van der Waals surface area (Å²) in [7, 11) is 0. The Kier molecular flexibility index (Phi) is 3.01. The van der Waals surface area contributed by atoms with Crippen LogP contribution in [0.2, 0.25) is 0 Å². The van der Waals surface area contributed by atoms with Crippen LogP contribution in [0.15, 0.2) is 18.2 Å². The summed E-state index contributed by atoms with van der Waals surface area (Å²) in [5.74, 6) is 0.926. The first-order valence-electron chi connectivity index (χ1n) is 5.37. The third kappa shape index (κ3) is 2.27. The van der Waals surface area contributed by atoms with Gasteiger partial charge in [0.05, 0.1) is 23.8 Å². The summed E-state index contributed by atoms with van der Waals surface area (Å²) in [6.07, 6.45) is 0.170. The number of thiocarbonyl (C=S) groups is 1. The van der Waals surface area contributed by atoms with Gasteiger partial charge in [0, 0.05) is 0 Å². The topological polar surface area (TPSA) is 38.5 Å². The van der Waals surface area contributed by atoms with Crippen LogP contribution in [0.5, 0.6) is 5.75 Å². The van der Waals surface area contributed by atoms with E-state index in [0.717, 1.165) is 18.0 Å². The summed E-state index contributed by atoms with van der Waals surface area (Å²) in [5.41, 5.74) is 7.88. The zero-order chi connectivity index (χ0) is 11.7. The highest BCUT2D eigenvalue weighted by Gasteiger charge is 2.22. The van der Waals surface area contributed by atoms with Crippen LogP contribution < -0.4 is 15.4 Å². The highest BCUT2D eigenvalue weighted by Crippen LogP contribution is 2.33. The van der Waals surface area contributed by atoms with Crippen molar-refractivity contribution < 1.29 is 4.74 Å². The Bertz CT molecular complexity index is 419. The molecule has 0 bridgehead atoms. The Hall–Kier alpha value is -1.29. The molecule has 0 fully saturated rings. The van der Waals surface area contributed by atoms with Crippen molar-refractivity contribution in [3.63, 3.8) is 0 Å². The predicted octanol–water partition coefficient (Wildman–Crippen LogP) is 1.87. The molecule has 1 aliphatic heterocycles. The molecule has 1 aliphatic rings. The molecule has 0 amide bonds. The molecular weight excluding hydrogens is 220 g/mol. The van der Waals surface area contributed by atoms with E-state index in [4.69, 9.17) is 22.7 Å². The highest BCUT2D eigenvalue weighted by atomic mass is 32.1. The fraction of sp³-hybridized carbons (Fsp3) is 0.417. The zero-order valence-electron chi connectivity index (χ0n) is 9.56. The SMILES string of the molecule is Cc1ccc2c(c1)OC(C)CN2CC(N)=S. The Morgan fingerprint density at radius 1 is 1.62 bits per heavy atom. The number of fused-ring (bicyclic) bond motifs is 1. The Balaban J connectivity index is 2.34. The molecule has 0 aliphatic carbocycles. The van der Waals surface area contributed by atoms with E-state index in [-0.39, 0.29) is 6.10 Å². The maximum Gasteiger partial charge on any atom is 0.143 e. The van der Waals surface area contributed by atoms with Crippen LogP contribution in [0.1, 0.15) is 12.5 Å². The molecular formula is C12H16N2OS. The molecule has 0 saturated carbocycles. The van der Waals surface area contributed by atoms with Crippen molar-refractivity contribution in [2.45, 2.75) is 20.0 Å². The number of nitrogens with two attached hydrogens (primary N) is 1. The second-order valence-corrected chi connectivity index (χ2v) is 4.77. The molecule has 0 aromatic heterocycles. The molecule has 86 valence electrons. The van der Waals surface area contributed by atoms with Crippen LogP contribution >= 0.6 is 12.2 Å². The van der Waals surface area contributed by atoms with E-state index >= 15 is 0 Å². The third-order valence-electron chi connectivity index (χ3n) is 2.61. The van der Waals surface area contributed by atoms with Crippen LogP contribution in [-0.2, 0) is 0 Å². The van der Waals surface area contributed by atoms with Gasteiger partial charge in [0.25, 0.3) is 0 Å². The number of nitrogens with zero attached hydrogens (tertiary/aromatic N) is 1. The highest BCUT2D eigenvalue weighted by molar-refractivity contribution is 7.80. The molecule has 0 radical (unpaired) electrons. The van der Waals surface area contributed by atoms with E-state index in [1.54, 1.807) is 0 Å². The van der Waals surface area contributed by atoms with E-state index in [9.17, 15) is 0 Å². The van der Waals surface area contributed by atoms with Gasteiger partial charge in [-0.05, 0) is 31.5 Å². The standard InChI is InChI=1S/C12H16N2OS/c1-8-3-4-10-11(5-8)15-9(2)6-14(10)7-12(13)16/h3-5,9H,6-7H2,1-2H3,(H2,13,16). The molecule has 1 atom stereocenters. The minimum absolute atomic E-state index is 0.170. The maximum absolute atomic E-state index is 5.80. The number of hydrogen-bond acceptors (Lipinski definition) is 3. The predicted molar refractivity (Wildman–Crippen MR) is 70.3 cm³/mol. The smallest absolute Gasteiger partial charge is 0.143 e. The summed E-state index contributed by atoms with van der Waals surface area (Å²) < 4.78 is 5.80. The average molecular weight is 236 g/mol. The lowest BCUT2D eigenvalue weighted by Gasteiger charge is -2.34. The van der Waals surface area contributed by atoms with Gasteiger partial charge in [-0.1, -0.05) is 18.3 Å². The first-order valence-corrected chi connectivity index (χ1v) is 5.77. The lowest BCUT2D eigenvalue weighted by molar-refractivity contribution is 0.214. The quantitative estimate of drug-likeness (QED) is 0.796. The number of anilines is 1. The van der Waals surface area contributed by atoms with E-state index < -0.39 is 0 Å². The van der Waals surface area contributed by atoms with Gasteiger partial charge in [-0.25, -0.2) is 0 Å². The van der Waals surface area contributed by atoms with Crippen LogP contribution in [0.4, 0.5) is 5.69 Å². The fourth-order valence-corrected chi connectivity index (χ4v) is 2.13. The van der Waals surface area contributed by atoms with Gasteiger partial charge in [0.15, 0.2) is 0 Å². The summed E-state index contributed by atoms with van der Waals surface area (Å²) in [6.45, 7) is 5.55. The third-order valence-corrected chi connectivity index (χ3v) is 2.74. The van der Waals surface area contributed by atoms with Gasteiger partial charge in [-0.2, -0.15) is 0 Å². The molecule has 4 heteroatoms. The minimum atomic E-state index is 0.170. The molecule has 1 aromatic rings. The monoisotopic (exact) mass is 236 g/mol. The number of rotatable bonds is 2. The molecule has 16 heavy (non-hydrogen) atoms. The van der Waals surface area contributed by atoms with Gasteiger partial charge in [-0.15, -0.1) is 0 Å². The van der Waals surface area contributed by atoms with Crippen molar-refractivity contribution in [3.05, 3.63) is 23.8 Å². The molecule has 2 rings (SSSR count). The number of aryl methyl sites for hydroxylation is 1. The second-order valence-electron chi connectivity index (χ2n) is 4.25. The fourth-order valence-electron chi connectivity index (χ4n) is 1.98. The van der Waals surface area contributed by atoms with Crippen molar-refractivity contribution in [2.75, 3.05) is 18.0 Å². The number of ether oxygens (including phenoxy) is 1. The van der Waals surface area contributed by atoms with Gasteiger partial charge >= 0.3 is 0 Å². The molecule has 3 nitrogen and oxygen atoms in total. The van der Waals surface area contributed by atoms with Crippen molar-refractivity contribution >= 4 is 22.9 Å². The Labute approximate surface area is 101 Å². The van der Waals surface area contributed by atoms with Crippen LogP contribution in [0.3, 0.4) is 0 Å². The van der Waals surface area contributed by atoms with Gasteiger partial charge in [-0.3, -0.25) is 0 Å². The molecule has 1 heterocycles. The van der Waals surface area contributed by atoms with E-state index in [1.165, 1.54) is 5.56 Å². The summed E-state index contributed by atoms with van der Waals surface area (Å²) in [4.78, 5) is 2.69. The van der Waals surface area contributed by atoms with Crippen molar-refractivity contribution in [1.82, 2.24) is 0 Å². The summed E-state index contributed by atoms with van der Waals surface area (Å²) in [6, 6.07) is 6.19. The van der Waals surface area contributed by atoms with Gasteiger partial charge < -0.3 is 15.4 Å². The lowest BCUT2D eigenvalue weighted by Crippen LogP contribution is -2.42. The molecule has 2 N–H and O–H groups in total. The van der Waals surface area contributed by atoms with Crippen LogP contribution in [0.25, 0.3) is 0 Å². The van der Waals surface area contributed by atoms with E-state index in [1.807, 2.05) is 0 Å². The number of benzene rings is 1. The van der Waals surface area contributed by atoms with E-state index in [2.05, 4.69) is 36.9 Å². The molecule has 1 aromatic carbocycles. The van der Waals surface area contributed by atoms with Crippen LogP contribution in [-0.4, -0.2) is 24.2 Å².